The summed E-state index contributed by atoms with van der Waals surface area (Å²) in [4.78, 5) is 16.7. The number of carbonyl (C=O) groups excluding carboxylic acids is 1. The van der Waals surface area contributed by atoms with Crippen molar-refractivity contribution in [2.24, 2.45) is 0 Å². The Labute approximate surface area is 182 Å². The Morgan fingerprint density at radius 3 is 2.74 bits per heavy atom. The lowest BCUT2D eigenvalue weighted by Gasteiger charge is -2.12. The van der Waals surface area contributed by atoms with Crippen LogP contribution in [0.1, 0.15) is 62.8 Å². The fourth-order valence-corrected chi connectivity index (χ4v) is 4.27. The van der Waals surface area contributed by atoms with Gasteiger partial charge in [-0.25, -0.2) is 4.98 Å². The lowest BCUT2D eigenvalue weighted by molar-refractivity contribution is -0.148. The molecule has 31 heavy (non-hydrogen) atoms. The summed E-state index contributed by atoms with van der Waals surface area (Å²) in [6.45, 7) is 4.70. The van der Waals surface area contributed by atoms with Crippen molar-refractivity contribution in [3.05, 3.63) is 23.5 Å². The molecule has 166 valence electrons. The number of carbonyl (C=O) groups is 1. The number of benzene rings is 1. The molecule has 1 N–H and O–H groups in total. The van der Waals surface area contributed by atoms with E-state index >= 15 is 0 Å². The lowest BCUT2D eigenvalue weighted by atomic mass is 10.2. The summed E-state index contributed by atoms with van der Waals surface area (Å²) in [5.41, 5.74) is 3.55. The van der Waals surface area contributed by atoms with Crippen LogP contribution in [0.2, 0.25) is 0 Å². The third-order valence-electron chi connectivity index (χ3n) is 5.95. The van der Waals surface area contributed by atoms with Gasteiger partial charge in [0.2, 0.25) is 5.65 Å². The molecule has 1 aliphatic carbocycles. The van der Waals surface area contributed by atoms with Gasteiger partial charge in [0.25, 0.3) is 0 Å². The minimum Gasteiger partial charge on any atom is -0.496 e. The van der Waals surface area contributed by atoms with Crippen LogP contribution in [0, 0.1) is 13.8 Å². The second-order valence-electron chi connectivity index (χ2n) is 8.31. The van der Waals surface area contributed by atoms with E-state index < -0.39 is 0 Å². The number of unbranched alkanes of at least 4 members (excludes halogenated alkanes) is 2. The SMILES string of the molecule is COc1cc2nc(NCCCCCC(=O)OC3CCCC3)c3nnc(C)n3c2cc1C. The van der Waals surface area contributed by atoms with Gasteiger partial charge in [-0.2, -0.15) is 0 Å². The molecule has 2 aromatic heterocycles. The Balaban J connectivity index is 1.35. The molecule has 0 atom stereocenters. The number of anilines is 1. The predicted molar refractivity (Wildman–Crippen MR) is 120 cm³/mol. The van der Waals surface area contributed by atoms with Crippen molar-refractivity contribution in [1.29, 1.82) is 0 Å². The third kappa shape index (κ3) is 4.73. The van der Waals surface area contributed by atoms with Crippen molar-refractivity contribution in [1.82, 2.24) is 19.6 Å². The van der Waals surface area contributed by atoms with Crippen molar-refractivity contribution in [2.45, 2.75) is 71.3 Å². The second kappa shape index (κ2) is 9.49. The Morgan fingerprint density at radius 1 is 1.16 bits per heavy atom. The maximum atomic E-state index is 11.9. The summed E-state index contributed by atoms with van der Waals surface area (Å²) in [7, 11) is 1.67. The molecule has 2 heterocycles. The molecular formula is C23H31N5O3. The van der Waals surface area contributed by atoms with E-state index in [1.807, 2.05) is 24.3 Å². The maximum Gasteiger partial charge on any atom is 0.306 e. The zero-order valence-electron chi connectivity index (χ0n) is 18.6. The van der Waals surface area contributed by atoms with Gasteiger partial charge in [-0.15, -0.1) is 10.2 Å². The maximum absolute atomic E-state index is 11.9. The van der Waals surface area contributed by atoms with Crippen molar-refractivity contribution < 1.29 is 14.3 Å². The van der Waals surface area contributed by atoms with Gasteiger partial charge < -0.3 is 14.8 Å². The minimum absolute atomic E-state index is 0.0547. The number of rotatable bonds is 9. The van der Waals surface area contributed by atoms with Crippen molar-refractivity contribution in [3.63, 3.8) is 0 Å². The van der Waals surface area contributed by atoms with Crippen LogP contribution in [0.25, 0.3) is 16.7 Å². The molecule has 4 rings (SSSR count). The first kappa shape index (κ1) is 21.3. The highest BCUT2D eigenvalue weighted by Gasteiger charge is 2.19. The number of hydrogen-bond donors (Lipinski definition) is 1. The average molecular weight is 426 g/mol. The standard InChI is InChI=1S/C23H31N5O3/c1-15-13-19-18(14-20(15)30-3)25-22(23-27-26-16(2)28(19)23)24-12-8-4-5-11-21(29)31-17-9-6-7-10-17/h13-14,17H,4-12H2,1-3H3,(H,24,25). The molecule has 8 nitrogen and oxygen atoms in total. The number of esters is 1. The van der Waals surface area contributed by atoms with E-state index in [0.29, 0.717) is 12.2 Å². The number of aryl methyl sites for hydroxylation is 2. The minimum atomic E-state index is -0.0547. The molecular weight excluding hydrogens is 394 g/mol. The third-order valence-corrected chi connectivity index (χ3v) is 5.95. The lowest BCUT2D eigenvalue weighted by Crippen LogP contribution is -2.14. The monoisotopic (exact) mass is 425 g/mol. The van der Waals surface area contributed by atoms with E-state index in [0.717, 1.165) is 72.5 Å². The highest BCUT2D eigenvalue weighted by atomic mass is 16.5. The van der Waals surface area contributed by atoms with E-state index in [-0.39, 0.29) is 12.1 Å². The summed E-state index contributed by atoms with van der Waals surface area (Å²) in [6.07, 6.45) is 7.79. The van der Waals surface area contributed by atoms with Crippen molar-refractivity contribution >= 4 is 28.5 Å². The van der Waals surface area contributed by atoms with Crippen LogP contribution in [0.5, 0.6) is 5.75 Å². The van der Waals surface area contributed by atoms with Gasteiger partial charge in [-0.05, 0) is 64.0 Å². The highest BCUT2D eigenvalue weighted by molar-refractivity contribution is 5.85. The van der Waals surface area contributed by atoms with Gasteiger partial charge >= 0.3 is 5.97 Å². The first-order valence-corrected chi connectivity index (χ1v) is 11.2. The second-order valence-corrected chi connectivity index (χ2v) is 8.31. The van der Waals surface area contributed by atoms with E-state index in [1.165, 1.54) is 12.8 Å². The average Bonchev–Trinajstić information content (AvgIpc) is 3.40. The predicted octanol–water partition coefficient (Wildman–Crippen LogP) is 4.36. The summed E-state index contributed by atoms with van der Waals surface area (Å²) in [5, 5.41) is 12.0. The summed E-state index contributed by atoms with van der Waals surface area (Å²) < 4.78 is 13.0. The van der Waals surface area contributed by atoms with Crippen LogP contribution in [0.3, 0.4) is 0 Å². The molecule has 0 bridgehead atoms. The van der Waals surface area contributed by atoms with Gasteiger partial charge in [-0.1, -0.05) is 6.42 Å². The van der Waals surface area contributed by atoms with Gasteiger partial charge in [0.1, 0.15) is 17.7 Å². The van der Waals surface area contributed by atoms with Gasteiger partial charge in [0.15, 0.2) is 5.82 Å². The van der Waals surface area contributed by atoms with Gasteiger partial charge in [0, 0.05) is 19.0 Å². The first-order valence-electron chi connectivity index (χ1n) is 11.2. The Hall–Kier alpha value is -2.90. The summed E-state index contributed by atoms with van der Waals surface area (Å²) >= 11 is 0. The molecule has 0 radical (unpaired) electrons. The van der Waals surface area contributed by atoms with E-state index in [4.69, 9.17) is 14.5 Å². The van der Waals surface area contributed by atoms with Crippen LogP contribution >= 0.6 is 0 Å². The number of nitrogens with zero attached hydrogens (tertiary/aromatic N) is 4. The van der Waals surface area contributed by atoms with Gasteiger partial charge in [0.05, 0.1) is 18.1 Å². The Morgan fingerprint density at radius 2 is 1.97 bits per heavy atom. The van der Waals surface area contributed by atoms with Crippen molar-refractivity contribution in [3.8, 4) is 5.75 Å². The Bertz CT molecular complexity index is 1070. The molecule has 1 aliphatic rings. The van der Waals surface area contributed by atoms with Crippen LogP contribution in [-0.4, -0.2) is 45.3 Å². The molecule has 3 aromatic rings. The van der Waals surface area contributed by atoms with E-state index in [2.05, 4.69) is 21.6 Å². The summed E-state index contributed by atoms with van der Waals surface area (Å²) in [5.74, 6) is 2.27. The number of methoxy groups -OCH3 is 1. The molecule has 8 heteroatoms. The van der Waals surface area contributed by atoms with Crippen molar-refractivity contribution in [2.75, 3.05) is 19.0 Å². The Kier molecular flexibility index (Phi) is 6.53. The van der Waals surface area contributed by atoms with Gasteiger partial charge in [-0.3, -0.25) is 9.20 Å². The number of aromatic nitrogens is 4. The number of nitrogens with one attached hydrogen (secondary N) is 1. The number of hydrogen-bond acceptors (Lipinski definition) is 7. The quantitative estimate of drug-likeness (QED) is 0.402. The smallest absolute Gasteiger partial charge is 0.306 e. The zero-order valence-corrected chi connectivity index (χ0v) is 18.6. The largest absolute Gasteiger partial charge is 0.496 e. The normalized spacial score (nSPS) is 14.4. The molecule has 0 amide bonds. The van der Waals surface area contributed by atoms with Crippen LogP contribution < -0.4 is 10.1 Å². The molecule has 0 aliphatic heterocycles. The van der Waals surface area contributed by atoms with Crippen LogP contribution in [-0.2, 0) is 9.53 Å². The molecule has 0 unspecified atom stereocenters. The zero-order chi connectivity index (χ0) is 21.8. The first-order chi connectivity index (χ1) is 15.1. The highest BCUT2D eigenvalue weighted by Crippen LogP contribution is 2.28. The molecule has 1 saturated carbocycles. The number of ether oxygens (including phenoxy) is 2. The van der Waals surface area contributed by atoms with E-state index in [9.17, 15) is 4.79 Å². The molecule has 1 aromatic carbocycles. The molecule has 0 spiro atoms. The van der Waals surface area contributed by atoms with E-state index in [1.54, 1.807) is 7.11 Å². The molecule has 0 saturated heterocycles. The topological polar surface area (TPSA) is 90.6 Å². The van der Waals surface area contributed by atoms with Crippen LogP contribution in [0.15, 0.2) is 12.1 Å². The fraction of sp³-hybridized carbons (Fsp3) is 0.565. The molecule has 1 fully saturated rings. The fourth-order valence-electron chi connectivity index (χ4n) is 4.27. The number of fused-ring (bicyclic) bond motifs is 3. The van der Waals surface area contributed by atoms with Crippen LogP contribution in [0.4, 0.5) is 5.82 Å². The summed E-state index contributed by atoms with van der Waals surface area (Å²) in [6, 6.07) is 4.00.